The Morgan fingerprint density at radius 3 is 2.43 bits per heavy atom. The molecule has 0 fully saturated rings. The van der Waals surface area contributed by atoms with E-state index in [4.69, 9.17) is 4.74 Å². The Labute approximate surface area is 45.0 Å². The van der Waals surface area contributed by atoms with E-state index in [9.17, 15) is 0 Å². The van der Waals surface area contributed by atoms with Crippen molar-refractivity contribution in [2.75, 3.05) is 13.7 Å². The van der Waals surface area contributed by atoms with E-state index >= 15 is 0 Å². The van der Waals surface area contributed by atoms with Gasteiger partial charge in [0.1, 0.15) is 0 Å². The van der Waals surface area contributed by atoms with E-state index in [1.807, 2.05) is 6.92 Å². The second-order valence-electron chi connectivity index (χ2n) is 1.70. The van der Waals surface area contributed by atoms with Crippen LogP contribution in [0.25, 0.3) is 0 Å². The third-order valence-corrected chi connectivity index (χ3v) is 0.733. The number of rotatable bonds is 3. The van der Waals surface area contributed by atoms with Crippen LogP contribution in [0.4, 0.5) is 0 Å². The predicted molar refractivity (Wildman–Crippen MR) is 31.3 cm³/mol. The molecule has 7 heavy (non-hydrogen) atoms. The van der Waals surface area contributed by atoms with Crippen LogP contribution in [-0.4, -0.2) is 13.7 Å². The third-order valence-electron chi connectivity index (χ3n) is 0.733. The lowest BCUT2D eigenvalue weighted by Crippen LogP contribution is -1.86. The fourth-order valence-corrected chi connectivity index (χ4v) is 0.276. The summed E-state index contributed by atoms with van der Waals surface area (Å²) in [5, 5.41) is 0. The van der Waals surface area contributed by atoms with Crippen molar-refractivity contribution in [1.82, 2.24) is 0 Å². The Balaban J connectivity index is 2.82. The highest BCUT2D eigenvalue weighted by Gasteiger charge is 1.81. The maximum atomic E-state index is 4.79. The topological polar surface area (TPSA) is 9.23 Å². The molecule has 0 aromatic carbocycles. The average molecular weight is 100 g/mol. The van der Waals surface area contributed by atoms with Crippen molar-refractivity contribution >= 4 is 0 Å². The fourth-order valence-electron chi connectivity index (χ4n) is 0.276. The molecule has 0 aliphatic carbocycles. The molecule has 0 saturated carbocycles. The molecule has 0 aliphatic heterocycles. The Kier molecular flexibility index (Phi) is 3.71. The lowest BCUT2D eigenvalue weighted by molar-refractivity contribution is 0.202. The van der Waals surface area contributed by atoms with Crippen molar-refractivity contribution in [2.24, 2.45) is 0 Å². The van der Waals surface area contributed by atoms with Gasteiger partial charge in [0.2, 0.25) is 0 Å². The first-order valence-corrected chi connectivity index (χ1v) is 2.40. The zero-order valence-electron chi connectivity index (χ0n) is 5.03. The van der Waals surface area contributed by atoms with Gasteiger partial charge in [0.25, 0.3) is 0 Å². The van der Waals surface area contributed by atoms with E-state index in [1.54, 1.807) is 7.11 Å². The monoisotopic (exact) mass is 100 g/mol. The van der Waals surface area contributed by atoms with Gasteiger partial charge in [-0.1, -0.05) is 5.57 Å². The fraction of sp³-hybridized carbons (Fsp3) is 0.667. The van der Waals surface area contributed by atoms with Gasteiger partial charge in [0.05, 0.1) is 0 Å². The molecule has 0 heterocycles. The molecule has 1 heteroatoms. The number of ether oxygens (including phenoxy) is 1. The van der Waals surface area contributed by atoms with Crippen molar-refractivity contribution in [3.63, 3.8) is 0 Å². The first-order chi connectivity index (χ1) is 3.27. The Morgan fingerprint density at radius 1 is 1.71 bits per heavy atom. The average Bonchev–Trinajstić information content (AvgIpc) is 1.61. The minimum absolute atomic E-state index is 0.801. The van der Waals surface area contributed by atoms with Crippen LogP contribution in [0, 0.1) is 0 Å². The van der Waals surface area contributed by atoms with Gasteiger partial charge in [-0.3, -0.25) is 0 Å². The van der Waals surface area contributed by atoms with Gasteiger partial charge in [-0.25, -0.2) is 0 Å². The first-order valence-electron chi connectivity index (χ1n) is 2.40. The maximum Gasteiger partial charge on any atom is 0.0499 e. The molecule has 0 atom stereocenters. The number of hydrogen-bond acceptors (Lipinski definition) is 1. The van der Waals surface area contributed by atoms with Gasteiger partial charge in [-0.2, -0.15) is 0 Å². The van der Waals surface area contributed by atoms with Crippen LogP contribution >= 0.6 is 0 Å². The Morgan fingerprint density at radius 2 is 2.29 bits per heavy atom. The van der Waals surface area contributed by atoms with Crippen molar-refractivity contribution in [2.45, 2.75) is 13.3 Å². The Hall–Kier alpha value is -0.300. The molecule has 0 aromatic heterocycles. The normalized spacial score (nSPS) is 8.86. The minimum atomic E-state index is 0.801. The van der Waals surface area contributed by atoms with Crippen molar-refractivity contribution in [3.05, 3.63) is 12.2 Å². The largest absolute Gasteiger partial charge is 0.384 e. The Bertz CT molecular complexity index is 57.2. The minimum Gasteiger partial charge on any atom is -0.384 e. The van der Waals surface area contributed by atoms with Crippen LogP contribution in [0.1, 0.15) is 13.3 Å². The number of hydrogen-bond donors (Lipinski definition) is 0. The third kappa shape index (κ3) is 5.70. The summed E-state index contributed by atoms with van der Waals surface area (Å²) in [6, 6.07) is 0. The molecular weight excluding hydrogens is 88.1 g/mol. The molecule has 0 rings (SSSR count). The van der Waals surface area contributed by atoms with Gasteiger partial charge in [0, 0.05) is 13.7 Å². The molecule has 1 nitrogen and oxygen atoms in total. The van der Waals surface area contributed by atoms with E-state index in [0.29, 0.717) is 0 Å². The summed E-state index contributed by atoms with van der Waals surface area (Å²) >= 11 is 0. The lowest BCUT2D eigenvalue weighted by Gasteiger charge is -1.93. The molecule has 0 N–H and O–H groups in total. The molecule has 0 aromatic rings. The van der Waals surface area contributed by atoms with Crippen LogP contribution in [0.15, 0.2) is 12.2 Å². The number of methoxy groups -OCH3 is 1. The van der Waals surface area contributed by atoms with Crippen LogP contribution in [-0.2, 0) is 4.74 Å². The van der Waals surface area contributed by atoms with Crippen molar-refractivity contribution in [3.8, 4) is 0 Å². The molecule has 0 spiro atoms. The second-order valence-corrected chi connectivity index (χ2v) is 1.70. The first kappa shape index (κ1) is 6.70. The van der Waals surface area contributed by atoms with Gasteiger partial charge in [-0.15, -0.1) is 6.58 Å². The quantitative estimate of drug-likeness (QED) is 0.489. The van der Waals surface area contributed by atoms with Gasteiger partial charge < -0.3 is 4.74 Å². The summed E-state index contributed by atoms with van der Waals surface area (Å²) in [6.45, 7) is 6.51. The summed E-state index contributed by atoms with van der Waals surface area (Å²) in [6.07, 6.45) is 0.983. The van der Waals surface area contributed by atoms with Crippen molar-refractivity contribution in [1.29, 1.82) is 0 Å². The van der Waals surface area contributed by atoms with E-state index in [1.165, 1.54) is 5.57 Å². The zero-order chi connectivity index (χ0) is 5.70. The predicted octanol–water partition coefficient (Wildman–Crippen LogP) is 1.60. The molecule has 42 valence electrons. The zero-order valence-corrected chi connectivity index (χ0v) is 5.03. The molecule has 0 unspecified atom stereocenters. The van der Waals surface area contributed by atoms with Crippen LogP contribution in [0.3, 0.4) is 0 Å². The highest BCUT2D eigenvalue weighted by molar-refractivity contribution is 4.86. The van der Waals surface area contributed by atoms with E-state index < -0.39 is 0 Å². The van der Waals surface area contributed by atoms with E-state index in [0.717, 1.165) is 13.0 Å². The highest BCUT2D eigenvalue weighted by atomic mass is 16.5. The van der Waals surface area contributed by atoms with Gasteiger partial charge >= 0.3 is 0 Å². The molecule has 0 radical (unpaired) electrons. The second kappa shape index (κ2) is 3.88. The van der Waals surface area contributed by atoms with E-state index in [-0.39, 0.29) is 0 Å². The summed E-state index contributed by atoms with van der Waals surface area (Å²) < 4.78 is 4.79. The smallest absolute Gasteiger partial charge is 0.0499 e. The van der Waals surface area contributed by atoms with Crippen LogP contribution < -0.4 is 0 Å². The molecule has 0 saturated heterocycles. The van der Waals surface area contributed by atoms with Gasteiger partial charge in [-0.05, 0) is 13.3 Å². The van der Waals surface area contributed by atoms with Crippen molar-refractivity contribution < 1.29 is 4.74 Å². The van der Waals surface area contributed by atoms with Crippen LogP contribution in [0.2, 0.25) is 0 Å². The van der Waals surface area contributed by atoms with E-state index in [2.05, 4.69) is 6.58 Å². The maximum absolute atomic E-state index is 4.79. The standard InChI is InChI=1S/C6H12O/c1-6(2)4-5-7-3/h1,4-5H2,2-3H3. The van der Waals surface area contributed by atoms with Gasteiger partial charge in [0.15, 0.2) is 0 Å². The SMILES string of the molecule is C=C(C)CCOC. The summed E-state index contributed by atoms with van der Waals surface area (Å²) in [7, 11) is 1.70. The highest BCUT2D eigenvalue weighted by Crippen LogP contribution is 1.92. The van der Waals surface area contributed by atoms with Crippen LogP contribution in [0.5, 0.6) is 0 Å². The lowest BCUT2D eigenvalue weighted by atomic mass is 10.3. The molecule has 0 amide bonds. The molecule has 0 bridgehead atoms. The summed E-state index contributed by atoms with van der Waals surface area (Å²) in [5.74, 6) is 0. The summed E-state index contributed by atoms with van der Waals surface area (Å²) in [4.78, 5) is 0. The molecular formula is C6H12O. The summed E-state index contributed by atoms with van der Waals surface area (Å²) in [5.41, 5.74) is 1.18. The molecule has 0 aliphatic rings.